The van der Waals surface area contributed by atoms with Crippen molar-refractivity contribution >= 4 is 52.2 Å². The number of alkyl halides is 3. The molecule has 1 aromatic heterocycles. The van der Waals surface area contributed by atoms with Crippen molar-refractivity contribution < 1.29 is 41.5 Å². The van der Waals surface area contributed by atoms with Crippen molar-refractivity contribution in [3.8, 4) is 5.75 Å². The number of halogens is 4. The lowest BCUT2D eigenvalue weighted by molar-refractivity contribution is -0.138. The predicted molar refractivity (Wildman–Crippen MR) is 203 cm³/mol. The van der Waals surface area contributed by atoms with Crippen molar-refractivity contribution in [2.75, 3.05) is 42.8 Å². The molecule has 13 nitrogen and oxygen atoms in total. The van der Waals surface area contributed by atoms with Crippen LogP contribution in [0.1, 0.15) is 63.1 Å². The van der Waals surface area contributed by atoms with E-state index in [-0.39, 0.29) is 66.2 Å². The first-order chi connectivity index (χ1) is 27.3. The number of para-hydroxylation sites is 1. The number of carbonyl (C=O) groups excluding carboxylic acids is 4. The summed E-state index contributed by atoms with van der Waals surface area (Å²) < 4.78 is 62.9. The first-order valence-corrected chi connectivity index (χ1v) is 18.4. The van der Waals surface area contributed by atoms with Crippen LogP contribution in [-0.4, -0.2) is 72.8 Å². The van der Waals surface area contributed by atoms with Crippen LogP contribution in [0.5, 0.6) is 5.75 Å². The fraction of sp³-hybridized carbons (Fsp3) is 0.325. The topological polar surface area (TPSA) is 157 Å². The van der Waals surface area contributed by atoms with Crippen LogP contribution in [0.3, 0.4) is 0 Å². The zero-order chi connectivity index (χ0) is 40.4. The van der Waals surface area contributed by atoms with Crippen LogP contribution < -0.4 is 36.2 Å². The second-order valence-corrected chi connectivity index (χ2v) is 14.0. The normalized spacial score (nSPS) is 17.3. The highest BCUT2D eigenvalue weighted by Gasteiger charge is 2.40. The van der Waals surface area contributed by atoms with Gasteiger partial charge in [0.05, 0.1) is 35.3 Å². The van der Waals surface area contributed by atoms with E-state index in [1.165, 1.54) is 43.3 Å². The van der Waals surface area contributed by atoms with Crippen LogP contribution in [0.25, 0.3) is 0 Å². The Morgan fingerprint density at radius 3 is 2.46 bits per heavy atom. The third kappa shape index (κ3) is 8.33. The third-order valence-electron chi connectivity index (χ3n) is 10.5. The van der Waals surface area contributed by atoms with E-state index < -0.39 is 41.3 Å². The summed E-state index contributed by atoms with van der Waals surface area (Å²) >= 11 is 0. The summed E-state index contributed by atoms with van der Waals surface area (Å²) in [4.78, 5) is 57.0. The van der Waals surface area contributed by atoms with Gasteiger partial charge in [0, 0.05) is 80.8 Å². The van der Waals surface area contributed by atoms with Crippen LogP contribution in [0.2, 0.25) is 0 Å². The molecule has 2 saturated heterocycles. The number of nitrogens with one attached hydrogen (secondary N) is 5. The van der Waals surface area contributed by atoms with Crippen molar-refractivity contribution in [2.24, 2.45) is 0 Å². The molecule has 4 amide bonds. The molecule has 3 aliphatic heterocycles. The maximum absolute atomic E-state index is 15.2. The number of rotatable bonds is 11. The second kappa shape index (κ2) is 16.1. The molecule has 0 radical (unpaired) electrons. The number of pyridine rings is 1. The van der Waals surface area contributed by atoms with Crippen LogP contribution in [0.15, 0.2) is 66.9 Å². The van der Waals surface area contributed by atoms with E-state index in [0.29, 0.717) is 35.7 Å². The number of benzene rings is 3. The number of nitrogens with zero attached hydrogens (tertiary/aromatic N) is 3. The van der Waals surface area contributed by atoms with Crippen molar-refractivity contribution in [2.45, 2.75) is 57.0 Å². The summed E-state index contributed by atoms with van der Waals surface area (Å²) in [5.74, 6) is -1.74. The molecule has 4 heterocycles. The van der Waals surface area contributed by atoms with Gasteiger partial charge in [-0.25, -0.2) is 9.37 Å². The first-order valence-electron chi connectivity index (χ1n) is 18.4. The van der Waals surface area contributed by atoms with Crippen LogP contribution >= 0.6 is 0 Å². The number of carbonyl (C=O) groups is 4. The van der Waals surface area contributed by atoms with E-state index in [0.717, 1.165) is 24.7 Å². The van der Waals surface area contributed by atoms with Gasteiger partial charge in [-0.05, 0) is 61.2 Å². The van der Waals surface area contributed by atoms with Gasteiger partial charge in [0.15, 0.2) is 0 Å². The highest BCUT2D eigenvalue weighted by molar-refractivity contribution is 6.05. The average Bonchev–Trinajstić information content (AvgIpc) is 3.50. The van der Waals surface area contributed by atoms with E-state index >= 15 is 4.39 Å². The summed E-state index contributed by atoms with van der Waals surface area (Å²) in [6.45, 7) is 1.78. The minimum absolute atomic E-state index is 0.0928. The molecule has 1 unspecified atom stereocenters. The molecule has 5 N–H and O–H groups in total. The zero-order valence-corrected chi connectivity index (χ0v) is 31.1. The molecule has 0 aliphatic carbocycles. The molecular weight excluding hydrogens is 748 g/mol. The molecule has 0 bridgehead atoms. The van der Waals surface area contributed by atoms with Gasteiger partial charge in [-0.2, -0.15) is 13.2 Å². The van der Waals surface area contributed by atoms with Gasteiger partial charge in [0.1, 0.15) is 23.4 Å². The Bertz CT molecular complexity index is 2230. The van der Waals surface area contributed by atoms with Crippen molar-refractivity contribution in [1.82, 2.24) is 25.8 Å². The molecule has 1 atom stereocenters. The van der Waals surface area contributed by atoms with Crippen LogP contribution in [0.4, 0.5) is 46.1 Å². The molecule has 298 valence electrons. The Balaban J connectivity index is 0.976. The van der Waals surface area contributed by atoms with E-state index in [1.54, 1.807) is 24.3 Å². The van der Waals surface area contributed by atoms with E-state index in [4.69, 9.17) is 4.74 Å². The molecule has 3 aromatic carbocycles. The standard InChI is InChI=1S/C40H40F4N8O5/c1-45-37(54)26-5-3-4-6-30(26)48-32-18-35(47-20-28(32)40(42,43)44)49-31-8-7-25(16-34(31)57-2)51-13-11-24(12-14-51)46-19-22-15-23-21-52(39(56)27(23)17-29(22)41)33-9-10-36(53)50-38(33)55/h3-8,15-18,20,24,33,46H,9-14,19,21H2,1-2H3,(H,45,54)(H2,47,48,49)(H,50,53,55). The van der Waals surface area contributed by atoms with Crippen molar-refractivity contribution in [3.05, 3.63) is 100 Å². The van der Waals surface area contributed by atoms with E-state index in [2.05, 4.69) is 36.5 Å². The molecule has 0 saturated carbocycles. The highest BCUT2D eigenvalue weighted by Crippen LogP contribution is 2.39. The molecule has 2 fully saturated rings. The number of anilines is 5. The fourth-order valence-electron chi connectivity index (χ4n) is 7.41. The zero-order valence-electron chi connectivity index (χ0n) is 31.1. The average molecular weight is 789 g/mol. The number of piperidine rings is 2. The first kappa shape index (κ1) is 39.0. The Labute approximate surface area is 325 Å². The van der Waals surface area contributed by atoms with Gasteiger partial charge in [0.25, 0.3) is 11.8 Å². The number of hydrogen-bond acceptors (Lipinski definition) is 10. The lowest BCUT2D eigenvalue weighted by Gasteiger charge is -2.34. The largest absolute Gasteiger partial charge is 0.494 e. The van der Waals surface area contributed by atoms with Crippen molar-refractivity contribution in [1.29, 1.82) is 0 Å². The Morgan fingerprint density at radius 1 is 0.965 bits per heavy atom. The highest BCUT2D eigenvalue weighted by atomic mass is 19.4. The minimum Gasteiger partial charge on any atom is -0.494 e. The van der Waals surface area contributed by atoms with E-state index in [9.17, 15) is 32.3 Å². The maximum atomic E-state index is 15.2. The number of amides is 4. The number of methoxy groups -OCH3 is 1. The number of ether oxygens (including phenoxy) is 1. The van der Waals surface area contributed by atoms with Crippen molar-refractivity contribution in [3.63, 3.8) is 0 Å². The SMILES string of the molecule is CNC(=O)c1ccccc1Nc1cc(Nc2ccc(N3CCC(NCc4cc5c(cc4F)C(=O)N(C4CCC(=O)NC4=O)C5)CC3)cc2OC)ncc1C(F)(F)F. The van der Waals surface area contributed by atoms with Gasteiger partial charge in [-0.1, -0.05) is 12.1 Å². The van der Waals surface area contributed by atoms with Gasteiger partial charge < -0.3 is 35.8 Å². The molecular formula is C40H40F4N8O5. The summed E-state index contributed by atoms with van der Waals surface area (Å²) in [6.07, 6.45) is -2.12. The summed E-state index contributed by atoms with van der Waals surface area (Å²) in [6, 6.07) is 15.1. The maximum Gasteiger partial charge on any atom is 0.419 e. The fourth-order valence-corrected chi connectivity index (χ4v) is 7.41. The predicted octanol–water partition coefficient (Wildman–Crippen LogP) is 5.61. The summed E-state index contributed by atoms with van der Waals surface area (Å²) in [7, 11) is 2.92. The summed E-state index contributed by atoms with van der Waals surface area (Å²) in [5, 5.41) is 14.0. The van der Waals surface area contributed by atoms with Crippen LogP contribution in [-0.2, 0) is 28.9 Å². The van der Waals surface area contributed by atoms with Gasteiger partial charge in [-0.3, -0.25) is 24.5 Å². The number of hydrogen-bond donors (Lipinski definition) is 5. The third-order valence-corrected chi connectivity index (χ3v) is 10.5. The molecule has 7 rings (SSSR count). The molecule has 0 spiro atoms. The molecule has 17 heteroatoms. The van der Waals surface area contributed by atoms with Gasteiger partial charge >= 0.3 is 6.18 Å². The summed E-state index contributed by atoms with van der Waals surface area (Å²) in [5.41, 5.74) is 1.68. The van der Waals surface area contributed by atoms with Gasteiger partial charge in [-0.15, -0.1) is 0 Å². The quantitative estimate of drug-likeness (QED) is 0.0956. The molecule has 3 aliphatic rings. The van der Waals surface area contributed by atoms with E-state index in [1.807, 2.05) is 12.1 Å². The van der Waals surface area contributed by atoms with Gasteiger partial charge in [0.2, 0.25) is 11.8 Å². The minimum atomic E-state index is -4.72. The molecule has 4 aromatic rings. The lowest BCUT2D eigenvalue weighted by atomic mass is 10.0. The smallest absolute Gasteiger partial charge is 0.419 e. The second-order valence-electron chi connectivity index (χ2n) is 14.0. The lowest BCUT2D eigenvalue weighted by Crippen LogP contribution is -2.52. The number of aromatic nitrogens is 1. The van der Waals surface area contributed by atoms with Crippen LogP contribution in [0, 0.1) is 5.82 Å². The number of imide groups is 1. The molecule has 57 heavy (non-hydrogen) atoms. The Hall–Kier alpha value is -6.23. The Morgan fingerprint density at radius 2 is 1.74 bits per heavy atom. The Kier molecular flexibility index (Phi) is 11.0. The number of fused-ring (bicyclic) bond motifs is 1. The monoisotopic (exact) mass is 788 g/mol.